The SMILES string of the molecule is CCC(=Nc1ccccc1)SSc1ccc(F)cc1. The second-order valence-corrected chi connectivity index (χ2v) is 6.09. The number of benzene rings is 2. The van der Waals surface area contributed by atoms with E-state index in [0.29, 0.717) is 0 Å². The molecule has 0 saturated carbocycles. The van der Waals surface area contributed by atoms with Gasteiger partial charge in [0.15, 0.2) is 0 Å². The number of nitrogens with zero attached hydrogens (tertiary/aromatic N) is 1. The molecule has 0 amide bonds. The van der Waals surface area contributed by atoms with Crippen LogP contribution in [0.4, 0.5) is 10.1 Å². The van der Waals surface area contributed by atoms with Crippen molar-refractivity contribution in [1.82, 2.24) is 0 Å². The quantitative estimate of drug-likeness (QED) is 0.406. The standard InChI is InChI=1S/C15H14FNS2/c1-2-15(17-13-6-4-3-5-7-13)19-18-14-10-8-12(16)9-11-14/h3-11H,2H2,1H3. The molecule has 4 heteroatoms. The maximum absolute atomic E-state index is 12.8. The lowest BCUT2D eigenvalue weighted by Crippen LogP contribution is -1.85. The fourth-order valence-electron chi connectivity index (χ4n) is 1.39. The van der Waals surface area contributed by atoms with E-state index in [2.05, 4.69) is 11.9 Å². The predicted octanol–water partition coefficient (Wildman–Crippen LogP) is 5.71. The number of hydrogen-bond donors (Lipinski definition) is 0. The molecule has 2 aromatic rings. The Bertz CT molecular complexity index is 538. The molecular weight excluding hydrogens is 277 g/mol. The van der Waals surface area contributed by atoms with Crippen molar-refractivity contribution in [2.24, 2.45) is 4.99 Å². The van der Waals surface area contributed by atoms with Crippen LogP contribution in [0.15, 0.2) is 64.5 Å². The third-order valence-electron chi connectivity index (χ3n) is 2.36. The summed E-state index contributed by atoms with van der Waals surface area (Å²) in [6.07, 6.45) is 0.883. The molecule has 2 rings (SSSR count). The Morgan fingerprint density at radius 1 is 1.05 bits per heavy atom. The van der Waals surface area contributed by atoms with E-state index in [0.717, 1.165) is 22.0 Å². The van der Waals surface area contributed by atoms with E-state index < -0.39 is 0 Å². The molecule has 2 aromatic carbocycles. The Morgan fingerprint density at radius 3 is 2.37 bits per heavy atom. The zero-order valence-electron chi connectivity index (χ0n) is 10.5. The van der Waals surface area contributed by atoms with Gasteiger partial charge in [-0.3, -0.25) is 0 Å². The summed E-state index contributed by atoms with van der Waals surface area (Å²) >= 11 is 0. The summed E-state index contributed by atoms with van der Waals surface area (Å²) in [4.78, 5) is 5.62. The lowest BCUT2D eigenvalue weighted by molar-refractivity contribution is 0.626. The molecule has 0 fully saturated rings. The summed E-state index contributed by atoms with van der Waals surface area (Å²) in [6.45, 7) is 2.08. The first-order chi connectivity index (χ1) is 9.28. The number of rotatable bonds is 4. The average molecular weight is 291 g/mol. The molecule has 0 heterocycles. The molecule has 1 nitrogen and oxygen atoms in total. The van der Waals surface area contributed by atoms with Crippen LogP contribution in [-0.4, -0.2) is 5.04 Å². The van der Waals surface area contributed by atoms with Crippen molar-refractivity contribution < 1.29 is 4.39 Å². The van der Waals surface area contributed by atoms with Crippen molar-refractivity contribution in [3.63, 3.8) is 0 Å². The predicted molar refractivity (Wildman–Crippen MR) is 83.7 cm³/mol. The molecular formula is C15H14FNS2. The van der Waals surface area contributed by atoms with Gasteiger partial charge in [-0.15, -0.1) is 0 Å². The minimum atomic E-state index is -0.206. The van der Waals surface area contributed by atoms with E-state index in [-0.39, 0.29) is 5.82 Å². The first kappa shape index (κ1) is 14.2. The minimum Gasteiger partial charge on any atom is -0.246 e. The molecule has 19 heavy (non-hydrogen) atoms. The highest BCUT2D eigenvalue weighted by Crippen LogP contribution is 2.34. The van der Waals surface area contributed by atoms with Crippen LogP contribution in [0, 0.1) is 5.82 Å². The fourth-order valence-corrected chi connectivity index (χ4v) is 3.47. The van der Waals surface area contributed by atoms with E-state index in [1.807, 2.05) is 30.3 Å². The molecule has 0 bridgehead atoms. The number of para-hydroxylation sites is 1. The third kappa shape index (κ3) is 4.73. The molecule has 0 unspecified atom stereocenters. The molecule has 0 aliphatic rings. The van der Waals surface area contributed by atoms with Crippen LogP contribution in [-0.2, 0) is 0 Å². The highest BCUT2D eigenvalue weighted by atomic mass is 33.1. The normalized spacial score (nSPS) is 11.6. The minimum absolute atomic E-state index is 0.206. The molecule has 0 saturated heterocycles. The Morgan fingerprint density at radius 2 is 1.74 bits per heavy atom. The lowest BCUT2D eigenvalue weighted by atomic mass is 10.3. The molecule has 0 aromatic heterocycles. The Kier molecular flexibility index (Phi) is 5.48. The van der Waals surface area contributed by atoms with Crippen molar-refractivity contribution >= 4 is 32.3 Å². The average Bonchev–Trinajstić information content (AvgIpc) is 2.46. The highest BCUT2D eigenvalue weighted by Gasteiger charge is 2.01. The van der Waals surface area contributed by atoms with Crippen LogP contribution in [0.5, 0.6) is 0 Å². The van der Waals surface area contributed by atoms with Gasteiger partial charge in [0.25, 0.3) is 0 Å². The highest BCUT2D eigenvalue weighted by molar-refractivity contribution is 8.82. The zero-order valence-corrected chi connectivity index (χ0v) is 12.2. The molecule has 0 aliphatic heterocycles. The van der Waals surface area contributed by atoms with Crippen molar-refractivity contribution in [1.29, 1.82) is 0 Å². The van der Waals surface area contributed by atoms with Crippen LogP contribution in [0.2, 0.25) is 0 Å². The monoisotopic (exact) mass is 291 g/mol. The molecule has 0 N–H and O–H groups in total. The molecule has 0 atom stereocenters. The van der Waals surface area contributed by atoms with Gasteiger partial charge in [0, 0.05) is 4.90 Å². The van der Waals surface area contributed by atoms with E-state index in [9.17, 15) is 4.39 Å². The van der Waals surface area contributed by atoms with Crippen molar-refractivity contribution in [3.8, 4) is 0 Å². The van der Waals surface area contributed by atoms with Crippen LogP contribution < -0.4 is 0 Å². The maximum Gasteiger partial charge on any atom is 0.123 e. The Labute approximate surface area is 120 Å². The second kappa shape index (κ2) is 7.36. The number of aliphatic imine (C=N–C) groups is 1. The summed E-state index contributed by atoms with van der Waals surface area (Å²) in [5.74, 6) is -0.206. The van der Waals surface area contributed by atoms with Gasteiger partial charge in [0.05, 0.1) is 10.7 Å². The van der Waals surface area contributed by atoms with Crippen LogP contribution >= 0.6 is 21.6 Å². The van der Waals surface area contributed by atoms with Crippen LogP contribution in [0.1, 0.15) is 13.3 Å². The van der Waals surface area contributed by atoms with E-state index in [1.54, 1.807) is 33.7 Å². The number of hydrogen-bond acceptors (Lipinski definition) is 3. The van der Waals surface area contributed by atoms with Gasteiger partial charge in [-0.2, -0.15) is 0 Å². The summed E-state index contributed by atoms with van der Waals surface area (Å²) in [5, 5.41) is 1.06. The van der Waals surface area contributed by atoms with Gasteiger partial charge in [-0.1, -0.05) is 35.9 Å². The molecule has 0 spiro atoms. The summed E-state index contributed by atoms with van der Waals surface area (Å²) in [6, 6.07) is 16.4. The fraction of sp³-hybridized carbons (Fsp3) is 0.133. The van der Waals surface area contributed by atoms with Crippen molar-refractivity contribution in [3.05, 3.63) is 60.4 Å². The van der Waals surface area contributed by atoms with Crippen molar-refractivity contribution in [2.75, 3.05) is 0 Å². The van der Waals surface area contributed by atoms with E-state index in [1.165, 1.54) is 12.1 Å². The Hall–Kier alpha value is -1.26. The summed E-state index contributed by atoms with van der Waals surface area (Å²) in [7, 11) is 3.22. The van der Waals surface area contributed by atoms with Gasteiger partial charge in [-0.25, -0.2) is 9.38 Å². The van der Waals surface area contributed by atoms with Gasteiger partial charge in [-0.05, 0) is 53.6 Å². The van der Waals surface area contributed by atoms with E-state index >= 15 is 0 Å². The van der Waals surface area contributed by atoms with Gasteiger partial charge in [0.1, 0.15) is 5.82 Å². The Balaban J connectivity index is 2.00. The van der Waals surface area contributed by atoms with Gasteiger partial charge < -0.3 is 0 Å². The van der Waals surface area contributed by atoms with Gasteiger partial charge >= 0.3 is 0 Å². The molecule has 98 valence electrons. The first-order valence-corrected chi connectivity index (χ1v) is 8.15. The van der Waals surface area contributed by atoms with E-state index in [4.69, 9.17) is 0 Å². The smallest absolute Gasteiger partial charge is 0.123 e. The topological polar surface area (TPSA) is 12.4 Å². The largest absolute Gasteiger partial charge is 0.246 e. The van der Waals surface area contributed by atoms with Crippen LogP contribution in [0.3, 0.4) is 0 Å². The molecule has 0 aliphatic carbocycles. The first-order valence-electron chi connectivity index (χ1n) is 6.00. The summed E-state index contributed by atoms with van der Waals surface area (Å²) < 4.78 is 12.8. The van der Waals surface area contributed by atoms with Crippen LogP contribution in [0.25, 0.3) is 0 Å². The third-order valence-corrected chi connectivity index (χ3v) is 4.88. The van der Waals surface area contributed by atoms with Gasteiger partial charge in [0.2, 0.25) is 0 Å². The summed E-state index contributed by atoms with van der Waals surface area (Å²) in [5.41, 5.74) is 0.964. The van der Waals surface area contributed by atoms with Crippen molar-refractivity contribution in [2.45, 2.75) is 18.2 Å². The second-order valence-electron chi connectivity index (χ2n) is 3.82. The zero-order chi connectivity index (χ0) is 13.5. The lowest BCUT2D eigenvalue weighted by Gasteiger charge is -2.03. The molecule has 0 radical (unpaired) electrons. The maximum atomic E-state index is 12.8. The number of halogens is 1.